The molecule has 0 heterocycles. The summed E-state index contributed by atoms with van der Waals surface area (Å²) in [7, 11) is 1.71. The lowest BCUT2D eigenvalue weighted by Crippen LogP contribution is -2.29. The van der Waals surface area contributed by atoms with E-state index in [2.05, 4.69) is 24.4 Å². The van der Waals surface area contributed by atoms with E-state index in [4.69, 9.17) is 19.9 Å². The molecule has 0 unspecified atom stereocenters. The molecule has 6 nitrogen and oxygen atoms in total. The Bertz CT molecular complexity index is 645. The lowest BCUT2D eigenvalue weighted by Gasteiger charge is -2.14. The molecule has 0 saturated heterocycles. The van der Waals surface area contributed by atoms with E-state index in [9.17, 15) is 4.79 Å². The van der Waals surface area contributed by atoms with Crippen molar-refractivity contribution in [2.75, 3.05) is 40.0 Å². The van der Waals surface area contributed by atoms with Crippen LogP contribution in [0.25, 0.3) is 0 Å². The number of hydrogen-bond donors (Lipinski definition) is 2. The summed E-state index contributed by atoms with van der Waals surface area (Å²) >= 11 is 0. The molecule has 0 bridgehead atoms. The summed E-state index contributed by atoms with van der Waals surface area (Å²) in [5, 5.41) is 3.04. The number of benzene rings is 1. The van der Waals surface area contributed by atoms with Crippen LogP contribution in [-0.4, -0.2) is 45.9 Å². The zero-order valence-corrected chi connectivity index (χ0v) is 23.3. The van der Waals surface area contributed by atoms with Gasteiger partial charge in [0.2, 0.25) is 5.91 Å². The van der Waals surface area contributed by atoms with Gasteiger partial charge in [-0.25, -0.2) is 0 Å². The van der Waals surface area contributed by atoms with Crippen LogP contribution in [0.5, 0.6) is 11.5 Å². The first-order chi connectivity index (χ1) is 16.6. The average Bonchev–Trinajstić information content (AvgIpc) is 2.84. The van der Waals surface area contributed by atoms with E-state index in [1.54, 1.807) is 7.11 Å². The number of nitrogens with one attached hydrogen (secondary N) is 1. The minimum Gasteiger partial charge on any atom is -0.490 e. The predicted octanol–water partition coefficient (Wildman–Crippen LogP) is 6.08. The topological polar surface area (TPSA) is 82.8 Å². The molecular formula is C28H51ClN2O4. The minimum atomic E-state index is 0. The van der Waals surface area contributed by atoms with Gasteiger partial charge in [0.05, 0.1) is 13.2 Å². The molecule has 0 fully saturated rings. The van der Waals surface area contributed by atoms with Crippen LogP contribution in [0.15, 0.2) is 18.2 Å². The number of hydrogen-bond acceptors (Lipinski definition) is 5. The van der Waals surface area contributed by atoms with Crippen LogP contribution in [0, 0.1) is 5.92 Å². The second kappa shape index (κ2) is 22.9. The van der Waals surface area contributed by atoms with Gasteiger partial charge in [0.15, 0.2) is 11.5 Å². The summed E-state index contributed by atoms with van der Waals surface area (Å²) in [6, 6.07) is 6.33. The van der Waals surface area contributed by atoms with E-state index in [-0.39, 0.29) is 24.2 Å². The van der Waals surface area contributed by atoms with Crippen molar-refractivity contribution >= 4 is 18.3 Å². The molecule has 0 radical (unpaired) electrons. The SMILES string of the molecule is CCCCNC(=O)[C@H](C)CCCCCCc1ccc(OCCCCCN)c(OCCCOC)c1.Cl. The number of carbonyl (C=O) groups excluding carboxylic acids is 1. The Hall–Kier alpha value is -1.50. The molecule has 204 valence electrons. The van der Waals surface area contributed by atoms with Gasteiger partial charge in [-0.1, -0.05) is 45.6 Å². The molecule has 0 saturated carbocycles. The van der Waals surface area contributed by atoms with Crippen LogP contribution in [-0.2, 0) is 16.0 Å². The Kier molecular flexibility index (Phi) is 21.9. The molecule has 0 spiro atoms. The Morgan fingerprint density at radius 3 is 2.37 bits per heavy atom. The lowest BCUT2D eigenvalue weighted by atomic mass is 10.00. The van der Waals surface area contributed by atoms with E-state index in [1.807, 2.05) is 13.0 Å². The highest BCUT2D eigenvalue weighted by atomic mass is 35.5. The molecule has 1 atom stereocenters. The molecule has 1 rings (SSSR count). The van der Waals surface area contributed by atoms with Crippen LogP contribution < -0.4 is 20.5 Å². The third-order valence-electron chi connectivity index (χ3n) is 5.99. The van der Waals surface area contributed by atoms with Gasteiger partial charge in [-0.2, -0.15) is 0 Å². The highest BCUT2D eigenvalue weighted by Crippen LogP contribution is 2.29. The highest BCUT2D eigenvalue weighted by molar-refractivity contribution is 5.85. The highest BCUT2D eigenvalue weighted by Gasteiger charge is 2.11. The van der Waals surface area contributed by atoms with Crippen molar-refractivity contribution in [3.8, 4) is 11.5 Å². The minimum absolute atomic E-state index is 0. The number of carbonyl (C=O) groups is 1. The molecule has 3 N–H and O–H groups in total. The van der Waals surface area contributed by atoms with Crippen LogP contribution in [0.1, 0.15) is 90.0 Å². The summed E-state index contributed by atoms with van der Waals surface area (Å²) in [5.41, 5.74) is 6.85. The van der Waals surface area contributed by atoms with Gasteiger partial charge in [-0.15, -0.1) is 12.4 Å². The van der Waals surface area contributed by atoms with Gasteiger partial charge in [-0.05, 0) is 69.2 Å². The number of nitrogens with two attached hydrogens (primary N) is 1. The van der Waals surface area contributed by atoms with Crippen molar-refractivity contribution in [3.63, 3.8) is 0 Å². The van der Waals surface area contributed by atoms with E-state index in [1.165, 1.54) is 12.0 Å². The largest absolute Gasteiger partial charge is 0.490 e. The third kappa shape index (κ3) is 16.7. The second-order valence-corrected chi connectivity index (χ2v) is 9.17. The Morgan fingerprint density at radius 2 is 1.63 bits per heavy atom. The van der Waals surface area contributed by atoms with Crippen molar-refractivity contribution in [2.45, 2.75) is 90.9 Å². The average molecular weight is 515 g/mol. The fraction of sp³-hybridized carbons (Fsp3) is 0.750. The molecular weight excluding hydrogens is 464 g/mol. The molecule has 7 heteroatoms. The monoisotopic (exact) mass is 514 g/mol. The maximum Gasteiger partial charge on any atom is 0.222 e. The van der Waals surface area contributed by atoms with Crippen molar-refractivity contribution in [3.05, 3.63) is 23.8 Å². The number of ether oxygens (including phenoxy) is 3. The third-order valence-corrected chi connectivity index (χ3v) is 5.99. The maximum absolute atomic E-state index is 12.1. The molecule has 1 amide bonds. The van der Waals surface area contributed by atoms with Gasteiger partial charge in [0.1, 0.15) is 0 Å². The van der Waals surface area contributed by atoms with Crippen molar-refractivity contribution in [1.29, 1.82) is 0 Å². The number of unbranched alkanes of at least 4 members (excludes halogenated alkanes) is 6. The normalized spacial score (nSPS) is 11.5. The van der Waals surface area contributed by atoms with Crippen LogP contribution in [0.3, 0.4) is 0 Å². The fourth-order valence-electron chi connectivity index (χ4n) is 3.76. The second-order valence-electron chi connectivity index (χ2n) is 9.17. The zero-order valence-electron chi connectivity index (χ0n) is 22.4. The predicted molar refractivity (Wildman–Crippen MR) is 148 cm³/mol. The summed E-state index contributed by atoms with van der Waals surface area (Å²) < 4.78 is 17.1. The van der Waals surface area contributed by atoms with Crippen molar-refractivity contribution < 1.29 is 19.0 Å². The van der Waals surface area contributed by atoms with Crippen LogP contribution in [0.4, 0.5) is 0 Å². The molecule has 1 aromatic carbocycles. The van der Waals surface area contributed by atoms with Crippen LogP contribution >= 0.6 is 12.4 Å². The van der Waals surface area contributed by atoms with Gasteiger partial charge in [-0.3, -0.25) is 4.79 Å². The van der Waals surface area contributed by atoms with E-state index in [0.29, 0.717) is 19.8 Å². The molecule has 0 aliphatic carbocycles. The Morgan fingerprint density at radius 1 is 0.914 bits per heavy atom. The van der Waals surface area contributed by atoms with E-state index < -0.39 is 0 Å². The van der Waals surface area contributed by atoms with E-state index >= 15 is 0 Å². The molecule has 0 aliphatic rings. The number of rotatable bonds is 22. The summed E-state index contributed by atoms with van der Waals surface area (Å²) in [6.45, 7) is 7.70. The lowest BCUT2D eigenvalue weighted by molar-refractivity contribution is -0.124. The smallest absolute Gasteiger partial charge is 0.222 e. The Balaban J connectivity index is 0.0000116. The molecule has 0 aromatic heterocycles. The molecule has 35 heavy (non-hydrogen) atoms. The van der Waals surface area contributed by atoms with E-state index in [0.717, 1.165) is 95.2 Å². The van der Waals surface area contributed by atoms with Crippen molar-refractivity contribution in [1.82, 2.24) is 5.32 Å². The fourth-order valence-corrected chi connectivity index (χ4v) is 3.76. The summed E-state index contributed by atoms with van der Waals surface area (Å²) in [4.78, 5) is 12.1. The zero-order chi connectivity index (χ0) is 24.9. The molecule has 1 aromatic rings. The van der Waals surface area contributed by atoms with Crippen molar-refractivity contribution in [2.24, 2.45) is 11.7 Å². The van der Waals surface area contributed by atoms with Gasteiger partial charge >= 0.3 is 0 Å². The first-order valence-electron chi connectivity index (χ1n) is 13.5. The maximum atomic E-state index is 12.1. The van der Waals surface area contributed by atoms with Gasteiger partial charge in [0, 0.05) is 32.6 Å². The standard InChI is InChI=1S/C28H50N2O4.ClH/c1-4-5-19-30-28(31)24(2)14-9-6-7-10-15-25-16-17-26(33-21-12-8-11-18-29)27(23-25)34-22-13-20-32-3;/h16-17,23-24H,4-15,18-22,29H2,1-3H3,(H,30,31);1H/t24-;/m1./s1. The molecule has 0 aliphatic heterocycles. The number of aryl methyl sites for hydroxylation is 1. The Labute approximate surface area is 220 Å². The number of methoxy groups -OCH3 is 1. The number of amides is 1. The van der Waals surface area contributed by atoms with Crippen LogP contribution in [0.2, 0.25) is 0 Å². The van der Waals surface area contributed by atoms with Gasteiger partial charge < -0.3 is 25.3 Å². The number of halogens is 1. The summed E-state index contributed by atoms with van der Waals surface area (Å²) in [5.74, 6) is 1.96. The summed E-state index contributed by atoms with van der Waals surface area (Å²) in [6.07, 6.45) is 12.7. The quantitative estimate of drug-likeness (QED) is 0.183. The first-order valence-corrected chi connectivity index (χ1v) is 13.5. The van der Waals surface area contributed by atoms with Gasteiger partial charge in [0.25, 0.3) is 0 Å². The first kappa shape index (κ1) is 33.5.